The first-order chi connectivity index (χ1) is 10.0. The van der Waals surface area contributed by atoms with Crippen molar-refractivity contribution in [2.24, 2.45) is 11.7 Å². The SMILES string of the molecule is CC1CCCC(N)(C(=O)N2c3ccccc3CCC2C)C1. The second kappa shape index (κ2) is 5.45. The zero-order valence-electron chi connectivity index (χ0n) is 13.1. The zero-order valence-corrected chi connectivity index (χ0v) is 13.1. The molecule has 114 valence electrons. The second-order valence-electron chi connectivity index (χ2n) is 7.05. The number of benzene rings is 1. The highest BCUT2D eigenvalue weighted by Crippen LogP contribution is 2.37. The Bertz CT molecular complexity index is 542. The average molecular weight is 286 g/mol. The number of para-hydroxylation sites is 1. The summed E-state index contributed by atoms with van der Waals surface area (Å²) in [7, 11) is 0. The number of hydrogen-bond acceptors (Lipinski definition) is 2. The molecule has 0 aromatic heterocycles. The van der Waals surface area contributed by atoms with Crippen LogP contribution in [-0.2, 0) is 11.2 Å². The molecule has 3 atom stereocenters. The molecule has 21 heavy (non-hydrogen) atoms. The number of rotatable bonds is 1. The molecule has 2 N–H and O–H groups in total. The molecule has 1 aliphatic heterocycles. The van der Waals surface area contributed by atoms with Crippen LogP contribution in [0.15, 0.2) is 24.3 Å². The number of hydrogen-bond donors (Lipinski definition) is 1. The van der Waals surface area contributed by atoms with Crippen molar-refractivity contribution >= 4 is 11.6 Å². The van der Waals surface area contributed by atoms with E-state index in [1.165, 1.54) is 12.0 Å². The van der Waals surface area contributed by atoms with Crippen LogP contribution >= 0.6 is 0 Å². The number of anilines is 1. The summed E-state index contributed by atoms with van der Waals surface area (Å²) in [4.78, 5) is 15.2. The highest BCUT2D eigenvalue weighted by Gasteiger charge is 2.43. The minimum Gasteiger partial charge on any atom is -0.317 e. The van der Waals surface area contributed by atoms with Gasteiger partial charge in [-0.05, 0) is 50.2 Å². The molecule has 1 saturated carbocycles. The Hall–Kier alpha value is -1.35. The van der Waals surface area contributed by atoms with Gasteiger partial charge < -0.3 is 10.6 Å². The van der Waals surface area contributed by atoms with Crippen molar-refractivity contribution in [2.75, 3.05) is 4.90 Å². The van der Waals surface area contributed by atoms with E-state index in [4.69, 9.17) is 5.73 Å². The van der Waals surface area contributed by atoms with Crippen molar-refractivity contribution in [1.82, 2.24) is 0 Å². The van der Waals surface area contributed by atoms with Crippen molar-refractivity contribution in [3.05, 3.63) is 29.8 Å². The van der Waals surface area contributed by atoms with Gasteiger partial charge in [0.05, 0.1) is 5.54 Å². The fraction of sp³-hybridized carbons (Fsp3) is 0.611. The van der Waals surface area contributed by atoms with Crippen LogP contribution in [0.4, 0.5) is 5.69 Å². The predicted molar refractivity (Wildman–Crippen MR) is 86.3 cm³/mol. The summed E-state index contributed by atoms with van der Waals surface area (Å²) >= 11 is 0. The highest BCUT2D eigenvalue weighted by atomic mass is 16.2. The van der Waals surface area contributed by atoms with Gasteiger partial charge in [-0.1, -0.05) is 38.0 Å². The number of carbonyl (C=O) groups is 1. The van der Waals surface area contributed by atoms with Crippen molar-refractivity contribution in [3.63, 3.8) is 0 Å². The molecule has 3 rings (SSSR count). The molecule has 2 aliphatic rings. The van der Waals surface area contributed by atoms with E-state index in [9.17, 15) is 4.79 Å². The van der Waals surface area contributed by atoms with Gasteiger partial charge in [0, 0.05) is 11.7 Å². The lowest BCUT2D eigenvalue weighted by Gasteiger charge is -2.43. The fourth-order valence-corrected chi connectivity index (χ4v) is 4.02. The molecule has 0 radical (unpaired) electrons. The van der Waals surface area contributed by atoms with E-state index < -0.39 is 5.54 Å². The minimum absolute atomic E-state index is 0.133. The Labute approximate surface area is 127 Å². The molecule has 1 aromatic carbocycles. The summed E-state index contributed by atoms with van der Waals surface area (Å²) in [6.45, 7) is 4.35. The molecule has 0 spiro atoms. The van der Waals surface area contributed by atoms with Gasteiger partial charge in [-0.15, -0.1) is 0 Å². The first-order valence-electron chi connectivity index (χ1n) is 8.22. The molecular weight excluding hydrogens is 260 g/mol. The molecule has 1 heterocycles. The quantitative estimate of drug-likeness (QED) is 0.861. The highest BCUT2D eigenvalue weighted by molar-refractivity contribution is 6.01. The largest absolute Gasteiger partial charge is 0.317 e. The lowest BCUT2D eigenvalue weighted by molar-refractivity contribution is -0.126. The van der Waals surface area contributed by atoms with Crippen LogP contribution in [-0.4, -0.2) is 17.5 Å². The lowest BCUT2D eigenvalue weighted by Crippen LogP contribution is -2.60. The van der Waals surface area contributed by atoms with Crippen LogP contribution in [0.1, 0.15) is 51.5 Å². The van der Waals surface area contributed by atoms with Gasteiger partial charge in [0.2, 0.25) is 5.91 Å². The summed E-state index contributed by atoms with van der Waals surface area (Å²) in [5, 5.41) is 0. The van der Waals surface area contributed by atoms with Gasteiger partial charge in [-0.2, -0.15) is 0 Å². The summed E-state index contributed by atoms with van der Waals surface area (Å²) in [5.74, 6) is 0.678. The predicted octanol–water partition coefficient (Wildman–Crippen LogP) is 3.26. The summed E-state index contributed by atoms with van der Waals surface area (Å²) in [5.41, 5.74) is 8.23. The molecule has 0 bridgehead atoms. The normalized spacial score (nSPS) is 32.6. The number of carbonyl (C=O) groups excluding carboxylic acids is 1. The minimum atomic E-state index is -0.670. The number of fused-ring (bicyclic) bond motifs is 1. The van der Waals surface area contributed by atoms with E-state index in [0.29, 0.717) is 5.92 Å². The number of aryl methyl sites for hydroxylation is 1. The maximum Gasteiger partial charge on any atom is 0.247 e. The van der Waals surface area contributed by atoms with Gasteiger partial charge in [-0.3, -0.25) is 4.79 Å². The lowest BCUT2D eigenvalue weighted by atomic mass is 9.75. The van der Waals surface area contributed by atoms with Gasteiger partial charge in [0.15, 0.2) is 0 Å². The van der Waals surface area contributed by atoms with Crippen LogP contribution in [0.5, 0.6) is 0 Å². The molecule has 1 aliphatic carbocycles. The summed E-state index contributed by atoms with van der Waals surface area (Å²) in [6.07, 6.45) is 5.97. The Morgan fingerprint density at radius 3 is 2.81 bits per heavy atom. The maximum absolute atomic E-state index is 13.2. The van der Waals surface area contributed by atoms with E-state index in [0.717, 1.165) is 37.8 Å². The van der Waals surface area contributed by atoms with Crippen LogP contribution in [0, 0.1) is 5.92 Å². The summed E-state index contributed by atoms with van der Waals surface area (Å²) in [6, 6.07) is 8.51. The Morgan fingerprint density at radius 2 is 2.05 bits per heavy atom. The van der Waals surface area contributed by atoms with E-state index in [1.54, 1.807) is 0 Å². The molecule has 1 fully saturated rings. The summed E-state index contributed by atoms with van der Waals surface area (Å²) < 4.78 is 0. The van der Waals surface area contributed by atoms with Crippen molar-refractivity contribution in [3.8, 4) is 0 Å². The van der Waals surface area contributed by atoms with E-state index in [-0.39, 0.29) is 11.9 Å². The fourth-order valence-electron chi connectivity index (χ4n) is 4.02. The third-order valence-electron chi connectivity index (χ3n) is 5.20. The molecule has 0 saturated heterocycles. The third kappa shape index (κ3) is 2.59. The maximum atomic E-state index is 13.2. The zero-order chi connectivity index (χ0) is 15.0. The van der Waals surface area contributed by atoms with E-state index >= 15 is 0 Å². The number of nitrogens with two attached hydrogens (primary N) is 1. The third-order valence-corrected chi connectivity index (χ3v) is 5.20. The number of amides is 1. The van der Waals surface area contributed by atoms with Gasteiger partial charge in [0.25, 0.3) is 0 Å². The van der Waals surface area contributed by atoms with E-state index in [2.05, 4.69) is 32.0 Å². The van der Waals surface area contributed by atoms with Gasteiger partial charge >= 0.3 is 0 Å². The Morgan fingerprint density at radius 1 is 1.29 bits per heavy atom. The Kier molecular flexibility index (Phi) is 3.78. The van der Waals surface area contributed by atoms with E-state index in [1.807, 2.05) is 11.0 Å². The van der Waals surface area contributed by atoms with Crippen molar-refractivity contribution in [1.29, 1.82) is 0 Å². The number of nitrogens with zero attached hydrogens (tertiary/aromatic N) is 1. The smallest absolute Gasteiger partial charge is 0.247 e. The first kappa shape index (κ1) is 14.6. The average Bonchev–Trinajstić information content (AvgIpc) is 2.46. The molecule has 1 amide bonds. The van der Waals surface area contributed by atoms with Crippen LogP contribution in [0.2, 0.25) is 0 Å². The van der Waals surface area contributed by atoms with Crippen molar-refractivity contribution in [2.45, 2.75) is 64.0 Å². The molecular formula is C18H26N2O. The molecule has 1 aromatic rings. The van der Waals surface area contributed by atoms with Crippen LogP contribution in [0.3, 0.4) is 0 Å². The van der Waals surface area contributed by atoms with Crippen LogP contribution in [0.25, 0.3) is 0 Å². The molecule has 3 unspecified atom stereocenters. The standard InChI is InChI=1S/C18H26N2O/c1-13-6-5-11-18(19,12-13)17(21)20-14(2)9-10-15-7-3-4-8-16(15)20/h3-4,7-8,13-14H,5-6,9-12,19H2,1-2H3. The Balaban J connectivity index is 1.93. The topological polar surface area (TPSA) is 46.3 Å². The van der Waals surface area contributed by atoms with Crippen LogP contribution < -0.4 is 10.6 Å². The first-order valence-corrected chi connectivity index (χ1v) is 8.22. The second-order valence-corrected chi connectivity index (χ2v) is 7.05. The van der Waals surface area contributed by atoms with Crippen molar-refractivity contribution < 1.29 is 4.79 Å². The van der Waals surface area contributed by atoms with Gasteiger partial charge in [0.1, 0.15) is 0 Å². The molecule has 3 nitrogen and oxygen atoms in total. The van der Waals surface area contributed by atoms with Gasteiger partial charge in [-0.25, -0.2) is 0 Å². The monoisotopic (exact) mass is 286 g/mol. The molecule has 3 heteroatoms.